The van der Waals surface area contributed by atoms with Crippen LogP contribution < -0.4 is 5.73 Å². The van der Waals surface area contributed by atoms with Gasteiger partial charge in [-0.2, -0.15) is 0 Å². The number of carbonyl (C=O) groups is 1. The Morgan fingerprint density at radius 3 is 3.20 bits per heavy atom. The van der Waals surface area contributed by atoms with Crippen LogP contribution in [0.5, 0.6) is 0 Å². The third-order valence-corrected chi connectivity index (χ3v) is 2.92. The van der Waals surface area contributed by atoms with Crippen LogP contribution in [0.15, 0.2) is 23.0 Å². The number of hydrogen-bond donors (Lipinski definition) is 1. The van der Waals surface area contributed by atoms with E-state index in [4.69, 9.17) is 10.2 Å². The number of rotatable bonds is 3. The highest BCUT2D eigenvalue weighted by Gasteiger charge is 2.26. The molecule has 1 aliphatic rings. The third-order valence-electron chi connectivity index (χ3n) is 2.92. The van der Waals surface area contributed by atoms with Gasteiger partial charge in [0.05, 0.1) is 11.8 Å². The summed E-state index contributed by atoms with van der Waals surface area (Å²) in [5.41, 5.74) is 6.15. The Morgan fingerprint density at radius 2 is 2.53 bits per heavy atom. The van der Waals surface area contributed by atoms with Crippen molar-refractivity contribution < 1.29 is 9.21 Å². The average Bonchev–Trinajstić information content (AvgIpc) is 2.87. The minimum atomic E-state index is 0.0725. The van der Waals surface area contributed by atoms with Crippen LogP contribution in [0.3, 0.4) is 0 Å². The first-order valence-corrected chi connectivity index (χ1v) is 5.33. The van der Waals surface area contributed by atoms with Gasteiger partial charge in [0.25, 0.3) is 5.91 Å². The van der Waals surface area contributed by atoms with Crippen LogP contribution >= 0.6 is 0 Å². The quantitative estimate of drug-likeness (QED) is 0.808. The molecule has 0 aliphatic carbocycles. The molecule has 1 unspecified atom stereocenters. The molecule has 0 saturated carbocycles. The fraction of sp³-hybridized carbons (Fsp3) is 0.545. The molecule has 1 aromatic rings. The summed E-state index contributed by atoms with van der Waals surface area (Å²) in [6.07, 6.45) is 5.11. The molecule has 0 aromatic carbocycles. The van der Waals surface area contributed by atoms with Crippen LogP contribution in [0.2, 0.25) is 0 Å². The van der Waals surface area contributed by atoms with Crippen molar-refractivity contribution >= 4 is 5.91 Å². The van der Waals surface area contributed by atoms with Gasteiger partial charge in [-0.3, -0.25) is 4.79 Å². The molecule has 2 N–H and O–H groups in total. The van der Waals surface area contributed by atoms with Crippen molar-refractivity contribution in [2.24, 2.45) is 11.7 Å². The van der Waals surface area contributed by atoms with Crippen molar-refractivity contribution in [1.82, 2.24) is 4.90 Å². The minimum absolute atomic E-state index is 0.0725. The second-order valence-corrected chi connectivity index (χ2v) is 4.00. The second kappa shape index (κ2) is 4.49. The standard InChI is InChI=1S/C11H16N2O2/c12-4-1-9-2-5-13(7-9)11(14)10-3-6-15-8-10/h3,6,8-9H,1-2,4-5,7,12H2. The van der Waals surface area contributed by atoms with Gasteiger partial charge in [-0.05, 0) is 31.4 Å². The van der Waals surface area contributed by atoms with E-state index in [1.54, 1.807) is 6.07 Å². The number of nitrogens with two attached hydrogens (primary N) is 1. The molecule has 2 rings (SSSR count). The molecule has 0 spiro atoms. The molecule has 4 heteroatoms. The van der Waals surface area contributed by atoms with Crippen molar-refractivity contribution in [1.29, 1.82) is 0 Å². The maximum absolute atomic E-state index is 11.9. The van der Waals surface area contributed by atoms with E-state index < -0.39 is 0 Å². The Bertz CT molecular complexity index is 321. The Morgan fingerprint density at radius 1 is 1.67 bits per heavy atom. The number of nitrogens with zero attached hydrogens (tertiary/aromatic N) is 1. The summed E-state index contributed by atoms with van der Waals surface area (Å²) in [5.74, 6) is 0.647. The van der Waals surface area contributed by atoms with Crippen molar-refractivity contribution in [3.05, 3.63) is 24.2 Å². The molecular weight excluding hydrogens is 192 g/mol. The Balaban J connectivity index is 1.93. The molecule has 0 bridgehead atoms. The highest BCUT2D eigenvalue weighted by atomic mass is 16.3. The molecule has 82 valence electrons. The van der Waals surface area contributed by atoms with E-state index in [2.05, 4.69) is 0 Å². The van der Waals surface area contributed by atoms with E-state index in [0.717, 1.165) is 25.9 Å². The number of furan rings is 1. The van der Waals surface area contributed by atoms with Crippen LogP contribution in [0.4, 0.5) is 0 Å². The SMILES string of the molecule is NCCC1CCN(C(=O)c2ccoc2)C1. The van der Waals surface area contributed by atoms with Gasteiger partial charge in [0.15, 0.2) is 0 Å². The van der Waals surface area contributed by atoms with E-state index >= 15 is 0 Å². The smallest absolute Gasteiger partial charge is 0.257 e. The Hall–Kier alpha value is -1.29. The molecule has 1 atom stereocenters. The summed E-state index contributed by atoms with van der Waals surface area (Å²) >= 11 is 0. The normalized spacial score (nSPS) is 20.9. The van der Waals surface area contributed by atoms with Crippen molar-refractivity contribution in [3.63, 3.8) is 0 Å². The maximum atomic E-state index is 11.9. The molecule has 15 heavy (non-hydrogen) atoms. The molecule has 4 nitrogen and oxygen atoms in total. The number of carbonyl (C=O) groups excluding carboxylic acids is 1. The number of likely N-dealkylation sites (tertiary alicyclic amines) is 1. The lowest BCUT2D eigenvalue weighted by Crippen LogP contribution is -2.28. The average molecular weight is 208 g/mol. The van der Waals surface area contributed by atoms with E-state index in [1.807, 2.05) is 4.90 Å². The van der Waals surface area contributed by atoms with Crippen LogP contribution in [-0.4, -0.2) is 30.4 Å². The monoisotopic (exact) mass is 208 g/mol. The van der Waals surface area contributed by atoms with E-state index in [1.165, 1.54) is 12.5 Å². The first kappa shape index (κ1) is 10.2. The first-order valence-electron chi connectivity index (χ1n) is 5.33. The van der Waals surface area contributed by atoms with Crippen LogP contribution in [0.25, 0.3) is 0 Å². The predicted octanol–water partition coefficient (Wildman–Crippen LogP) is 1.09. The summed E-state index contributed by atoms with van der Waals surface area (Å²) < 4.78 is 4.90. The van der Waals surface area contributed by atoms with E-state index in [9.17, 15) is 4.79 Å². The summed E-state index contributed by atoms with van der Waals surface area (Å²) in [6.45, 7) is 2.38. The fourth-order valence-corrected chi connectivity index (χ4v) is 2.06. The van der Waals surface area contributed by atoms with E-state index in [0.29, 0.717) is 18.0 Å². The van der Waals surface area contributed by atoms with Crippen LogP contribution in [0.1, 0.15) is 23.2 Å². The topological polar surface area (TPSA) is 59.5 Å². The molecule has 2 heterocycles. The lowest BCUT2D eigenvalue weighted by atomic mass is 10.1. The van der Waals surface area contributed by atoms with Crippen molar-refractivity contribution in [3.8, 4) is 0 Å². The van der Waals surface area contributed by atoms with Gasteiger partial charge in [0, 0.05) is 13.1 Å². The molecule has 1 aliphatic heterocycles. The van der Waals surface area contributed by atoms with Crippen LogP contribution in [-0.2, 0) is 0 Å². The number of amides is 1. The highest BCUT2D eigenvalue weighted by molar-refractivity contribution is 5.93. The summed E-state index contributed by atoms with van der Waals surface area (Å²) in [6, 6.07) is 1.71. The van der Waals surface area contributed by atoms with Gasteiger partial charge in [0.1, 0.15) is 6.26 Å². The van der Waals surface area contributed by atoms with Gasteiger partial charge >= 0.3 is 0 Å². The lowest BCUT2D eigenvalue weighted by Gasteiger charge is -2.15. The van der Waals surface area contributed by atoms with Gasteiger partial charge < -0.3 is 15.1 Å². The second-order valence-electron chi connectivity index (χ2n) is 4.00. The largest absolute Gasteiger partial charge is 0.472 e. The van der Waals surface area contributed by atoms with Gasteiger partial charge in [-0.15, -0.1) is 0 Å². The molecule has 1 fully saturated rings. The highest BCUT2D eigenvalue weighted by Crippen LogP contribution is 2.20. The molecule has 0 radical (unpaired) electrons. The zero-order valence-electron chi connectivity index (χ0n) is 8.69. The fourth-order valence-electron chi connectivity index (χ4n) is 2.06. The predicted molar refractivity (Wildman–Crippen MR) is 56.4 cm³/mol. The molecule has 1 amide bonds. The zero-order chi connectivity index (χ0) is 10.7. The van der Waals surface area contributed by atoms with Gasteiger partial charge in [0.2, 0.25) is 0 Å². The van der Waals surface area contributed by atoms with Gasteiger partial charge in [-0.25, -0.2) is 0 Å². The number of hydrogen-bond acceptors (Lipinski definition) is 3. The lowest BCUT2D eigenvalue weighted by molar-refractivity contribution is 0.0786. The van der Waals surface area contributed by atoms with E-state index in [-0.39, 0.29) is 5.91 Å². The van der Waals surface area contributed by atoms with Crippen LogP contribution in [0, 0.1) is 5.92 Å². The molecular formula is C11H16N2O2. The Labute approximate surface area is 89.0 Å². The molecule has 1 aromatic heterocycles. The van der Waals surface area contributed by atoms with Crippen molar-refractivity contribution in [2.45, 2.75) is 12.8 Å². The van der Waals surface area contributed by atoms with Crippen molar-refractivity contribution in [2.75, 3.05) is 19.6 Å². The summed E-state index contributed by atoms with van der Waals surface area (Å²) in [4.78, 5) is 13.8. The Kier molecular flexibility index (Phi) is 3.06. The zero-order valence-corrected chi connectivity index (χ0v) is 8.69. The summed E-state index contributed by atoms with van der Waals surface area (Å²) in [5, 5.41) is 0. The van der Waals surface area contributed by atoms with Gasteiger partial charge in [-0.1, -0.05) is 0 Å². The summed E-state index contributed by atoms with van der Waals surface area (Å²) in [7, 11) is 0. The minimum Gasteiger partial charge on any atom is -0.472 e. The maximum Gasteiger partial charge on any atom is 0.257 e. The third kappa shape index (κ3) is 2.21. The first-order chi connectivity index (χ1) is 7.31. The molecule has 1 saturated heterocycles.